The lowest BCUT2D eigenvalue weighted by molar-refractivity contribution is 0.167. The van der Waals surface area contributed by atoms with Crippen LogP contribution in [-0.4, -0.2) is 24.9 Å². The van der Waals surface area contributed by atoms with E-state index >= 15 is 0 Å². The Morgan fingerprint density at radius 3 is 2.67 bits per heavy atom. The van der Waals surface area contributed by atoms with Crippen molar-refractivity contribution in [3.8, 4) is 11.5 Å². The van der Waals surface area contributed by atoms with Gasteiger partial charge >= 0.3 is 0 Å². The highest BCUT2D eigenvalue weighted by molar-refractivity contribution is 9.10. The van der Waals surface area contributed by atoms with E-state index in [1.807, 2.05) is 42.5 Å². The van der Waals surface area contributed by atoms with Crippen LogP contribution in [0.1, 0.15) is 11.7 Å². The number of hydrogen-bond acceptors (Lipinski definition) is 4. The van der Waals surface area contributed by atoms with E-state index in [0.29, 0.717) is 25.5 Å². The van der Waals surface area contributed by atoms with Crippen LogP contribution < -0.4 is 14.8 Å². The third-order valence-electron chi connectivity index (χ3n) is 3.31. The van der Waals surface area contributed by atoms with Gasteiger partial charge in [-0.1, -0.05) is 18.2 Å². The fourth-order valence-corrected chi connectivity index (χ4v) is 2.62. The summed E-state index contributed by atoms with van der Waals surface area (Å²) in [4.78, 5) is 0. The minimum Gasteiger partial charge on any atom is -0.486 e. The van der Waals surface area contributed by atoms with Gasteiger partial charge in [-0.05, 0) is 45.8 Å². The van der Waals surface area contributed by atoms with Crippen molar-refractivity contribution in [1.82, 2.24) is 0 Å². The number of rotatable bonds is 4. The zero-order chi connectivity index (χ0) is 14.7. The lowest BCUT2D eigenvalue weighted by atomic mass is 10.1. The summed E-state index contributed by atoms with van der Waals surface area (Å²) >= 11 is 3.47. The average molecular weight is 350 g/mol. The number of benzene rings is 2. The molecular formula is C16H16BrNO3. The van der Waals surface area contributed by atoms with E-state index in [1.165, 1.54) is 0 Å². The summed E-state index contributed by atoms with van der Waals surface area (Å²) in [6.07, 6.45) is -0.618. The Kier molecular flexibility index (Phi) is 4.31. The highest BCUT2D eigenvalue weighted by Gasteiger charge is 2.15. The minimum absolute atomic E-state index is 0.419. The summed E-state index contributed by atoms with van der Waals surface area (Å²) in [7, 11) is 0. The van der Waals surface area contributed by atoms with E-state index in [-0.39, 0.29) is 0 Å². The van der Waals surface area contributed by atoms with E-state index in [1.54, 1.807) is 0 Å². The van der Waals surface area contributed by atoms with E-state index in [2.05, 4.69) is 21.2 Å². The monoisotopic (exact) mass is 349 g/mol. The minimum atomic E-state index is -0.618. The summed E-state index contributed by atoms with van der Waals surface area (Å²) in [5.74, 6) is 1.43. The molecule has 0 aliphatic carbocycles. The Morgan fingerprint density at radius 1 is 1.10 bits per heavy atom. The first kappa shape index (κ1) is 14.2. The second-order valence-electron chi connectivity index (χ2n) is 4.78. The van der Waals surface area contributed by atoms with Gasteiger partial charge in [0.1, 0.15) is 13.2 Å². The average Bonchev–Trinajstić information content (AvgIpc) is 2.53. The lowest BCUT2D eigenvalue weighted by Crippen LogP contribution is -2.17. The first-order valence-electron chi connectivity index (χ1n) is 6.80. The van der Waals surface area contributed by atoms with Gasteiger partial charge in [0, 0.05) is 16.7 Å². The molecule has 0 amide bonds. The molecule has 2 aromatic rings. The van der Waals surface area contributed by atoms with Crippen molar-refractivity contribution in [3.05, 3.63) is 52.5 Å². The number of aliphatic hydroxyl groups excluding tert-OH is 1. The van der Waals surface area contributed by atoms with E-state index in [9.17, 15) is 5.11 Å². The maximum absolute atomic E-state index is 10.3. The third kappa shape index (κ3) is 3.31. The predicted octanol–water partition coefficient (Wildman–Crippen LogP) is 3.37. The number of halogens is 1. The molecule has 0 radical (unpaired) electrons. The molecule has 2 N–H and O–H groups in total. The van der Waals surface area contributed by atoms with E-state index in [0.717, 1.165) is 21.5 Å². The van der Waals surface area contributed by atoms with Crippen LogP contribution in [0.15, 0.2) is 46.9 Å². The fraction of sp³-hybridized carbons (Fsp3) is 0.250. The molecular weight excluding hydrogens is 334 g/mol. The molecule has 5 heteroatoms. The number of para-hydroxylation sites is 1. The maximum atomic E-state index is 10.3. The van der Waals surface area contributed by atoms with Crippen molar-refractivity contribution in [2.24, 2.45) is 0 Å². The van der Waals surface area contributed by atoms with Gasteiger partial charge in [0.05, 0.1) is 6.10 Å². The summed E-state index contributed by atoms with van der Waals surface area (Å²) < 4.78 is 12.0. The highest BCUT2D eigenvalue weighted by Crippen LogP contribution is 2.32. The number of fused-ring (bicyclic) bond motifs is 1. The molecule has 1 unspecified atom stereocenters. The summed E-state index contributed by atoms with van der Waals surface area (Å²) in [5.41, 5.74) is 1.76. The fourth-order valence-electron chi connectivity index (χ4n) is 2.20. The third-order valence-corrected chi connectivity index (χ3v) is 4.00. The molecule has 0 fully saturated rings. The van der Waals surface area contributed by atoms with E-state index in [4.69, 9.17) is 9.47 Å². The number of ether oxygens (including phenoxy) is 2. The smallest absolute Gasteiger partial charge is 0.161 e. The second kappa shape index (κ2) is 6.37. The van der Waals surface area contributed by atoms with Crippen molar-refractivity contribution >= 4 is 21.6 Å². The largest absolute Gasteiger partial charge is 0.486 e. The topological polar surface area (TPSA) is 50.7 Å². The summed E-state index contributed by atoms with van der Waals surface area (Å²) in [5, 5.41) is 13.5. The summed E-state index contributed by atoms with van der Waals surface area (Å²) in [6.45, 7) is 1.53. The number of aliphatic hydroxyl groups is 1. The first-order valence-corrected chi connectivity index (χ1v) is 7.59. The number of nitrogens with one attached hydrogen (secondary N) is 1. The molecule has 0 saturated heterocycles. The normalized spacial score (nSPS) is 14.6. The summed E-state index contributed by atoms with van der Waals surface area (Å²) in [6, 6.07) is 13.3. The molecule has 2 aromatic carbocycles. The van der Waals surface area contributed by atoms with Crippen LogP contribution in [0.25, 0.3) is 0 Å². The molecule has 0 saturated carbocycles. The Bertz CT molecular complexity index is 633. The maximum Gasteiger partial charge on any atom is 0.161 e. The van der Waals surface area contributed by atoms with Gasteiger partial charge in [0.25, 0.3) is 0 Å². The molecule has 1 atom stereocenters. The van der Waals surface area contributed by atoms with Crippen molar-refractivity contribution in [2.75, 3.05) is 25.1 Å². The van der Waals surface area contributed by atoms with Crippen LogP contribution >= 0.6 is 15.9 Å². The van der Waals surface area contributed by atoms with Crippen molar-refractivity contribution in [2.45, 2.75) is 6.10 Å². The van der Waals surface area contributed by atoms with Gasteiger partial charge < -0.3 is 19.9 Å². The second-order valence-corrected chi connectivity index (χ2v) is 5.63. The van der Waals surface area contributed by atoms with Crippen LogP contribution in [0.5, 0.6) is 11.5 Å². The molecule has 0 spiro atoms. The highest BCUT2D eigenvalue weighted by atomic mass is 79.9. The number of anilines is 1. The van der Waals surface area contributed by atoms with Crippen LogP contribution in [0.4, 0.5) is 5.69 Å². The van der Waals surface area contributed by atoms with Gasteiger partial charge in [0.2, 0.25) is 0 Å². The van der Waals surface area contributed by atoms with Crippen molar-refractivity contribution < 1.29 is 14.6 Å². The predicted molar refractivity (Wildman–Crippen MR) is 85.0 cm³/mol. The Morgan fingerprint density at radius 2 is 1.86 bits per heavy atom. The van der Waals surface area contributed by atoms with E-state index < -0.39 is 6.10 Å². The van der Waals surface area contributed by atoms with Crippen LogP contribution in [0.2, 0.25) is 0 Å². The van der Waals surface area contributed by atoms with Gasteiger partial charge in [-0.2, -0.15) is 0 Å². The molecule has 0 bridgehead atoms. The van der Waals surface area contributed by atoms with Gasteiger partial charge in [-0.3, -0.25) is 0 Å². The molecule has 1 aliphatic rings. The zero-order valence-corrected chi connectivity index (χ0v) is 13.0. The molecule has 0 aromatic heterocycles. The number of hydrogen-bond donors (Lipinski definition) is 2. The molecule has 1 aliphatic heterocycles. The Hall–Kier alpha value is -1.72. The van der Waals surface area contributed by atoms with Crippen molar-refractivity contribution in [3.63, 3.8) is 0 Å². The van der Waals surface area contributed by atoms with Gasteiger partial charge in [-0.25, -0.2) is 0 Å². The van der Waals surface area contributed by atoms with Crippen molar-refractivity contribution in [1.29, 1.82) is 0 Å². The molecule has 21 heavy (non-hydrogen) atoms. The molecule has 3 rings (SSSR count). The molecule has 1 heterocycles. The van der Waals surface area contributed by atoms with Gasteiger partial charge in [0.15, 0.2) is 11.5 Å². The van der Waals surface area contributed by atoms with Gasteiger partial charge in [-0.15, -0.1) is 0 Å². The van der Waals surface area contributed by atoms with Crippen LogP contribution in [-0.2, 0) is 0 Å². The first-order chi connectivity index (χ1) is 10.2. The standard InChI is InChI=1S/C16H16BrNO3/c17-12-3-1-2-4-13(12)18-10-14(19)11-5-6-15-16(9-11)21-8-7-20-15/h1-6,9,14,18-19H,7-8,10H2. The quantitative estimate of drug-likeness (QED) is 0.888. The SMILES string of the molecule is OC(CNc1ccccc1Br)c1ccc2c(c1)OCCO2. The lowest BCUT2D eigenvalue weighted by Gasteiger charge is -2.20. The Labute approximate surface area is 131 Å². The van der Waals surface area contributed by atoms with Crippen LogP contribution in [0, 0.1) is 0 Å². The Balaban J connectivity index is 1.68. The molecule has 4 nitrogen and oxygen atoms in total. The molecule has 110 valence electrons. The zero-order valence-electron chi connectivity index (χ0n) is 11.4. The van der Waals surface area contributed by atoms with Crippen LogP contribution in [0.3, 0.4) is 0 Å².